The standard InChI is InChI=1S/C20H24O3/c1-4-5-6-7-12-23-20(21)15(2)16-8-9-18-14-19(22-3)11-10-17(18)13-16/h5-6,8-11,13-15H,4,7,12H2,1-3H3/b6-5+. The van der Waals surface area contributed by atoms with Crippen molar-refractivity contribution < 1.29 is 14.3 Å². The summed E-state index contributed by atoms with van der Waals surface area (Å²) in [5.74, 6) is 0.386. The monoisotopic (exact) mass is 312 g/mol. The normalized spacial score (nSPS) is 12.5. The Kier molecular flexibility index (Phi) is 6.21. The zero-order valence-electron chi connectivity index (χ0n) is 14.0. The Labute approximate surface area is 137 Å². The van der Waals surface area contributed by atoms with E-state index in [-0.39, 0.29) is 11.9 Å². The summed E-state index contributed by atoms with van der Waals surface area (Å²) in [5.41, 5.74) is 0.969. The molecule has 1 unspecified atom stereocenters. The maximum Gasteiger partial charge on any atom is 0.313 e. The van der Waals surface area contributed by atoms with Crippen LogP contribution >= 0.6 is 0 Å². The third kappa shape index (κ3) is 4.59. The molecule has 0 N–H and O–H groups in total. The summed E-state index contributed by atoms with van der Waals surface area (Å²) in [6, 6.07) is 12.0. The van der Waals surface area contributed by atoms with E-state index in [1.165, 1.54) is 0 Å². The molecule has 1 atom stereocenters. The maximum atomic E-state index is 12.1. The SMILES string of the molecule is CC/C=C/CCOC(=O)C(C)c1ccc2cc(OC)ccc2c1. The van der Waals surface area contributed by atoms with Crippen molar-refractivity contribution in [3.05, 3.63) is 54.1 Å². The number of carbonyl (C=O) groups is 1. The fourth-order valence-corrected chi connectivity index (χ4v) is 2.41. The van der Waals surface area contributed by atoms with Crippen LogP contribution in [0.2, 0.25) is 0 Å². The van der Waals surface area contributed by atoms with E-state index in [2.05, 4.69) is 13.0 Å². The van der Waals surface area contributed by atoms with Crippen LogP contribution in [0.4, 0.5) is 0 Å². The van der Waals surface area contributed by atoms with Gasteiger partial charge >= 0.3 is 5.97 Å². The van der Waals surface area contributed by atoms with Crippen molar-refractivity contribution in [2.45, 2.75) is 32.6 Å². The highest BCUT2D eigenvalue weighted by Crippen LogP contribution is 2.25. The summed E-state index contributed by atoms with van der Waals surface area (Å²) >= 11 is 0. The Hall–Kier alpha value is -2.29. The lowest BCUT2D eigenvalue weighted by Gasteiger charge is -2.12. The van der Waals surface area contributed by atoms with E-state index in [0.29, 0.717) is 6.61 Å². The zero-order chi connectivity index (χ0) is 16.7. The molecule has 2 aromatic rings. The highest BCUT2D eigenvalue weighted by atomic mass is 16.5. The summed E-state index contributed by atoms with van der Waals surface area (Å²) in [5, 5.41) is 2.19. The molecule has 0 aliphatic rings. The lowest BCUT2D eigenvalue weighted by Crippen LogP contribution is -2.13. The molecule has 0 radical (unpaired) electrons. The number of ether oxygens (including phenoxy) is 2. The second-order valence-electron chi connectivity index (χ2n) is 5.53. The first-order valence-electron chi connectivity index (χ1n) is 8.05. The highest BCUT2D eigenvalue weighted by molar-refractivity contribution is 5.86. The van der Waals surface area contributed by atoms with Crippen LogP contribution in [0.1, 0.15) is 38.2 Å². The van der Waals surface area contributed by atoms with Gasteiger partial charge in [0.25, 0.3) is 0 Å². The van der Waals surface area contributed by atoms with Crippen molar-refractivity contribution in [2.75, 3.05) is 13.7 Å². The molecule has 0 fully saturated rings. The van der Waals surface area contributed by atoms with Gasteiger partial charge in [-0.1, -0.05) is 43.3 Å². The lowest BCUT2D eigenvalue weighted by molar-refractivity contribution is -0.144. The van der Waals surface area contributed by atoms with Gasteiger partial charge in [-0.05, 0) is 48.2 Å². The van der Waals surface area contributed by atoms with E-state index in [0.717, 1.165) is 34.9 Å². The fraction of sp³-hybridized carbons (Fsp3) is 0.350. The summed E-state index contributed by atoms with van der Waals surface area (Å²) in [6.45, 7) is 4.40. The zero-order valence-corrected chi connectivity index (χ0v) is 14.0. The third-order valence-corrected chi connectivity index (χ3v) is 3.86. The second kappa shape index (κ2) is 8.37. The molecule has 0 aliphatic heterocycles. The first-order valence-corrected chi connectivity index (χ1v) is 8.05. The summed E-state index contributed by atoms with van der Waals surface area (Å²) in [4.78, 5) is 12.1. The number of rotatable bonds is 7. The topological polar surface area (TPSA) is 35.5 Å². The summed E-state index contributed by atoms with van der Waals surface area (Å²) in [7, 11) is 1.66. The fourth-order valence-electron chi connectivity index (χ4n) is 2.41. The van der Waals surface area contributed by atoms with Gasteiger partial charge in [0.2, 0.25) is 0 Å². The van der Waals surface area contributed by atoms with Gasteiger partial charge in [-0.3, -0.25) is 4.79 Å². The minimum atomic E-state index is -0.267. The molecule has 3 heteroatoms. The van der Waals surface area contributed by atoms with Gasteiger partial charge in [-0.15, -0.1) is 0 Å². The number of esters is 1. The summed E-state index contributed by atoms with van der Waals surface area (Å²) < 4.78 is 10.6. The van der Waals surface area contributed by atoms with Gasteiger partial charge < -0.3 is 9.47 Å². The quantitative estimate of drug-likeness (QED) is 0.416. The molecule has 2 rings (SSSR count). The van der Waals surface area contributed by atoms with Crippen LogP contribution in [0, 0.1) is 0 Å². The van der Waals surface area contributed by atoms with Crippen molar-refractivity contribution in [1.29, 1.82) is 0 Å². The van der Waals surface area contributed by atoms with Crippen LogP contribution < -0.4 is 4.74 Å². The van der Waals surface area contributed by atoms with E-state index in [9.17, 15) is 4.79 Å². The van der Waals surface area contributed by atoms with Crippen LogP contribution in [0.15, 0.2) is 48.6 Å². The Morgan fingerprint density at radius 1 is 1.13 bits per heavy atom. The number of methoxy groups -OCH3 is 1. The number of benzene rings is 2. The van der Waals surface area contributed by atoms with Crippen LogP contribution in [-0.4, -0.2) is 19.7 Å². The van der Waals surface area contributed by atoms with Gasteiger partial charge in [-0.2, -0.15) is 0 Å². The molecule has 0 saturated heterocycles. The number of allylic oxidation sites excluding steroid dienone is 1. The number of carbonyl (C=O) groups excluding carboxylic acids is 1. The number of hydrogen-bond donors (Lipinski definition) is 0. The minimum absolute atomic E-state index is 0.178. The first kappa shape index (κ1) is 17.1. The molecule has 2 aromatic carbocycles. The Bertz CT molecular complexity index is 688. The lowest BCUT2D eigenvalue weighted by atomic mass is 9.98. The van der Waals surface area contributed by atoms with Crippen molar-refractivity contribution in [2.24, 2.45) is 0 Å². The Morgan fingerprint density at radius 2 is 1.87 bits per heavy atom. The maximum absolute atomic E-state index is 12.1. The van der Waals surface area contributed by atoms with Gasteiger partial charge in [0.15, 0.2) is 0 Å². The predicted molar refractivity (Wildman–Crippen MR) is 93.9 cm³/mol. The average molecular weight is 312 g/mol. The van der Waals surface area contributed by atoms with E-state index < -0.39 is 0 Å². The Morgan fingerprint density at radius 3 is 2.61 bits per heavy atom. The molecular weight excluding hydrogens is 288 g/mol. The van der Waals surface area contributed by atoms with Gasteiger partial charge in [-0.25, -0.2) is 0 Å². The largest absolute Gasteiger partial charge is 0.497 e. The number of hydrogen-bond acceptors (Lipinski definition) is 3. The van der Waals surface area contributed by atoms with Crippen molar-refractivity contribution in [1.82, 2.24) is 0 Å². The van der Waals surface area contributed by atoms with E-state index >= 15 is 0 Å². The molecule has 0 spiro atoms. The molecule has 0 aliphatic carbocycles. The second-order valence-corrected chi connectivity index (χ2v) is 5.53. The highest BCUT2D eigenvalue weighted by Gasteiger charge is 2.16. The first-order chi connectivity index (χ1) is 11.2. The molecule has 0 bridgehead atoms. The van der Waals surface area contributed by atoms with Crippen molar-refractivity contribution >= 4 is 16.7 Å². The van der Waals surface area contributed by atoms with Gasteiger partial charge in [0, 0.05) is 0 Å². The molecular formula is C20H24O3. The van der Waals surface area contributed by atoms with Gasteiger partial charge in [0.1, 0.15) is 5.75 Å². The molecule has 0 saturated carbocycles. The molecule has 0 amide bonds. The third-order valence-electron chi connectivity index (χ3n) is 3.86. The predicted octanol–water partition coefficient (Wildman–Crippen LogP) is 4.85. The molecule has 122 valence electrons. The van der Waals surface area contributed by atoms with Gasteiger partial charge in [0.05, 0.1) is 19.6 Å². The smallest absolute Gasteiger partial charge is 0.313 e. The van der Waals surface area contributed by atoms with Crippen molar-refractivity contribution in [3.8, 4) is 5.75 Å². The molecule has 0 heterocycles. The van der Waals surface area contributed by atoms with Crippen molar-refractivity contribution in [3.63, 3.8) is 0 Å². The van der Waals surface area contributed by atoms with Crippen LogP contribution in [0.3, 0.4) is 0 Å². The van der Waals surface area contributed by atoms with E-state index in [1.54, 1.807) is 7.11 Å². The van der Waals surface area contributed by atoms with Crippen LogP contribution in [0.5, 0.6) is 5.75 Å². The van der Waals surface area contributed by atoms with Crippen LogP contribution in [-0.2, 0) is 9.53 Å². The Balaban J connectivity index is 2.03. The molecule has 23 heavy (non-hydrogen) atoms. The van der Waals surface area contributed by atoms with Crippen LogP contribution in [0.25, 0.3) is 10.8 Å². The van der Waals surface area contributed by atoms with E-state index in [1.807, 2.05) is 49.4 Å². The average Bonchev–Trinajstić information content (AvgIpc) is 2.59. The number of fused-ring (bicyclic) bond motifs is 1. The summed E-state index contributed by atoms with van der Waals surface area (Å²) in [6.07, 6.45) is 5.90. The van der Waals surface area contributed by atoms with E-state index in [4.69, 9.17) is 9.47 Å². The molecule has 0 aromatic heterocycles. The molecule has 3 nitrogen and oxygen atoms in total. The minimum Gasteiger partial charge on any atom is -0.497 e.